The fourth-order valence-corrected chi connectivity index (χ4v) is 2.53. The van der Waals surface area contributed by atoms with E-state index in [1.807, 2.05) is 13.1 Å². The Morgan fingerprint density at radius 3 is 2.82 bits per heavy atom. The number of hydrogen-bond acceptors (Lipinski definition) is 5. The largest absolute Gasteiger partial charge is 0.364 e. The van der Waals surface area contributed by atoms with Crippen LogP contribution in [0.4, 0.5) is 0 Å². The second-order valence-corrected chi connectivity index (χ2v) is 5.39. The average molecular weight is 251 g/mol. The summed E-state index contributed by atoms with van der Waals surface area (Å²) < 4.78 is 4.93. The van der Waals surface area contributed by atoms with Crippen LogP contribution >= 0.6 is 11.3 Å². The van der Waals surface area contributed by atoms with E-state index < -0.39 is 0 Å². The first-order valence-corrected chi connectivity index (χ1v) is 6.52. The molecule has 17 heavy (non-hydrogen) atoms. The number of aromatic nitrogens is 2. The van der Waals surface area contributed by atoms with Crippen molar-refractivity contribution in [2.24, 2.45) is 0 Å². The second kappa shape index (κ2) is 5.42. The molecule has 2 aromatic heterocycles. The van der Waals surface area contributed by atoms with E-state index in [0.717, 1.165) is 35.8 Å². The van der Waals surface area contributed by atoms with E-state index in [9.17, 15) is 0 Å². The minimum absolute atomic E-state index is 0.795. The van der Waals surface area contributed by atoms with Crippen molar-refractivity contribution < 1.29 is 4.52 Å². The molecule has 2 aromatic rings. The molecule has 0 unspecified atom stereocenters. The minimum atomic E-state index is 0.795. The third-order valence-corrected chi connectivity index (χ3v) is 3.75. The van der Waals surface area contributed by atoms with Crippen LogP contribution in [0.25, 0.3) is 0 Å². The van der Waals surface area contributed by atoms with E-state index in [-0.39, 0.29) is 0 Å². The summed E-state index contributed by atoms with van der Waals surface area (Å²) in [7, 11) is 2.07. The molecule has 2 heterocycles. The van der Waals surface area contributed by atoms with E-state index in [0.29, 0.717) is 0 Å². The Labute approximate surface area is 105 Å². The summed E-state index contributed by atoms with van der Waals surface area (Å²) >= 11 is 1.78. The van der Waals surface area contributed by atoms with Crippen LogP contribution < -0.4 is 0 Å². The third-order valence-electron chi connectivity index (χ3n) is 2.62. The minimum Gasteiger partial charge on any atom is -0.364 e. The van der Waals surface area contributed by atoms with Gasteiger partial charge in [0.15, 0.2) is 0 Å². The maximum Gasteiger partial charge on any atom is 0.127 e. The molecule has 5 heteroatoms. The average Bonchev–Trinajstić information content (AvgIpc) is 2.89. The van der Waals surface area contributed by atoms with Gasteiger partial charge in [0.1, 0.15) is 17.0 Å². The van der Waals surface area contributed by atoms with Crippen LogP contribution in [-0.4, -0.2) is 22.1 Å². The summed E-state index contributed by atoms with van der Waals surface area (Å²) in [5, 5.41) is 5.14. The van der Waals surface area contributed by atoms with Crippen molar-refractivity contribution in [3.63, 3.8) is 0 Å². The van der Waals surface area contributed by atoms with Crippen molar-refractivity contribution in [1.82, 2.24) is 15.0 Å². The van der Waals surface area contributed by atoms with E-state index in [1.165, 1.54) is 4.88 Å². The summed E-state index contributed by atoms with van der Waals surface area (Å²) in [6.45, 7) is 5.82. The number of hydrogen-bond donors (Lipinski definition) is 0. The summed E-state index contributed by atoms with van der Waals surface area (Å²) in [6.07, 6.45) is 4.71. The summed E-state index contributed by atoms with van der Waals surface area (Å²) in [4.78, 5) is 7.95. The lowest BCUT2D eigenvalue weighted by Crippen LogP contribution is -2.17. The summed E-state index contributed by atoms with van der Waals surface area (Å²) in [5.74, 6) is 0. The molecule has 0 radical (unpaired) electrons. The standard InChI is InChI=1S/C12H17N3OS/c1-4-10-5-13-12(17-10)7-15(3)6-11-9(2)8-16-14-11/h5,8H,4,6-7H2,1-3H3. The van der Waals surface area contributed by atoms with E-state index in [2.05, 4.69) is 29.0 Å². The molecule has 92 valence electrons. The molecule has 0 saturated heterocycles. The van der Waals surface area contributed by atoms with Gasteiger partial charge in [0, 0.05) is 23.2 Å². The zero-order chi connectivity index (χ0) is 12.3. The van der Waals surface area contributed by atoms with Gasteiger partial charge in [-0.15, -0.1) is 11.3 Å². The Morgan fingerprint density at radius 1 is 1.41 bits per heavy atom. The fourth-order valence-electron chi connectivity index (χ4n) is 1.59. The van der Waals surface area contributed by atoms with Gasteiger partial charge in [0.05, 0.1) is 6.54 Å². The number of aryl methyl sites for hydroxylation is 2. The van der Waals surface area contributed by atoms with E-state index in [4.69, 9.17) is 4.52 Å². The normalized spacial score (nSPS) is 11.3. The van der Waals surface area contributed by atoms with Crippen LogP contribution in [0.3, 0.4) is 0 Å². The monoisotopic (exact) mass is 251 g/mol. The first-order chi connectivity index (χ1) is 8.19. The molecular formula is C12H17N3OS. The Bertz CT molecular complexity index is 478. The van der Waals surface area contributed by atoms with Crippen LogP contribution in [0.5, 0.6) is 0 Å². The van der Waals surface area contributed by atoms with Gasteiger partial charge in [-0.05, 0) is 20.4 Å². The number of rotatable bonds is 5. The molecule has 0 fully saturated rings. The maximum absolute atomic E-state index is 4.93. The van der Waals surface area contributed by atoms with E-state index in [1.54, 1.807) is 17.6 Å². The Balaban J connectivity index is 1.93. The highest BCUT2D eigenvalue weighted by Gasteiger charge is 2.09. The molecule has 0 N–H and O–H groups in total. The molecule has 4 nitrogen and oxygen atoms in total. The molecule has 0 aliphatic rings. The molecule has 0 aromatic carbocycles. The molecule has 0 spiro atoms. The van der Waals surface area contributed by atoms with Gasteiger partial charge in [0.2, 0.25) is 0 Å². The van der Waals surface area contributed by atoms with Crippen molar-refractivity contribution >= 4 is 11.3 Å². The number of thiazole rings is 1. The van der Waals surface area contributed by atoms with Crippen molar-refractivity contribution in [2.45, 2.75) is 33.4 Å². The second-order valence-electron chi connectivity index (χ2n) is 4.19. The predicted molar refractivity (Wildman–Crippen MR) is 67.9 cm³/mol. The first kappa shape index (κ1) is 12.3. The van der Waals surface area contributed by atoms with Crippen molar-refractivity contribution in [3.8, 4) is 0 Å². The third kappa shape index (κ3) is 3.14. The molecule has 2 rings (SSSR count). The first-order valence-electron chi connectivity index (χ1n) is 5.71. The van der Waals surface area contributed by atoms with Gasteiger partial charge in [-0.3, -0.25) is 4.90 Å². The van der Waals surface area contributed by atoms with Crippen LogP contribution in [-0.2, 0) is 19.5 Å². The van der Waals surface area contributed by atoms with Crippen LogP contribution in [0, 0.1) is 6.92 Å². The maximum atomic E-state index is 4.93. The lowest BCUT2D eigenvalue weighted by molar-refractivity contribution is 0.303. The van der Waals surface area contributed by atoms with Gasteiger partial charge in [-0.1, -0.05) is 12.1 Å². The van der Waals surface area contributed by atoms with Gasteiger partial charge >= 0.3 is 0 Å². The Kier molecular flexibility index (Phi) is 3.91. The van der Waals surface area contributed by atoms with Crippen molar-refractivity contribution in [2.75, 3.05) is 7.05 Å². The van der Waals surface area contributed by atoms with Gasteiger partial charge in [-0.2, -0.15) is 0 Å². The molecule has 0 aliphatic heterocycles. The Morgan fingerprint density at radius 2 is 2.24 bits per heavy atom. The van der Waals surface area contributed by atoms with Crippen LogP contribution in [0.15, 0.2) is 17.0 Å². The smallest absolute Gasteiger partial charge is 0.127 e. The molecule has 0 atom stereocenters. The lowest BCUT2D eigenvalue weighted by Gasteiger charge is -2.13. The predicted octanol–water partition coefficient (Wildman–Crippen LogP) is 2.63. The highest BCUT2D eigenvalue weighted by molar-refractivity contribution is 7.11. The topological polar surface area (TPSA) is 42.2 Å². The van der Waals surface area contributed by atoms with Gasteiger partial charge < -0.3 is 4.52 Å². The quantitative estimate of drug-likeness (QED) is 0.819. The summed E-state index contributed by atoms with van der Waals surface area (Å²) in [5.41, 5.74) is 2.10. The van der Waals surface area contributed by atoms with Crippen LogP contribution in [0.1, 0.15) is 28.1 Å². The van der Waals surface area contributed by atoms with Gasteiger partial charge in [-0.25, -0.2) is 4.98 Å². The summed E-state index contributed by atoms with van der Waals surface area (Å²) in [6, 6.07) is 0. The molecule has 0 amide bonds. The fraction of sp³-hybridized carbons (Fsp3) is 0.500. The molecule has 0 saturated carbocycles. The van der Waals surface area contributed by atoms with Crippen molar-refractivity contribution in [1.29, 1.82) is 0 Å². The number of nitrogens with zero attached hydrogens (tertiary/aromatic N) is 3. The van der Waals surface area contributed by atoms with E-state index >= 15 is 0 Å². The molecule has 0 bridgehead atoms. The lowest BCUT2D eigenvalue weighted by atomic mass is 10.3. The highest BCUT2D eigenvalue weighted by atomic mass is 32.1. The van der Waals surface area contributed by atoms with Crippen molar-refractivity contribution in [3.05, 3.63) is 33.6 Å². The zero-order valence-corrected chi connectivity index (χ0v) is 11.3. The van der Waals surface area contributed by atoms with Crippen LogP contribution in [0.2, 0.25) is 0 Å². The molecular weight excluding hydrogens is 234 g/mol. The zero-order valence-electron chi connectivity index (χ0n) is 10.4. The van der Waals surface area contributed by atoms with Gasteiger partial charge in [0.25, 0.3) is 0 Å². The molecule has 0 aliphatic carbocycles. The Hall–Kier alpha value is -1.20. The SMILES string of the molecule is CCc1cnc(CN(C)Cc2nocc2C)s1. The highest BCUT2D eigenvalue weighted by Crippen LogP contribution is 2.16.